The summed E-state index contributed by atoms with van der Waals surface area (Å²) in [6.45, 7) is 3.20. The van der Waals surface area contributed by atoms with E-state index in [2.05, 4.69) is 4.74 Å². The van der Waals surface area contributed by atoms with E-state index in [-0.39, 0.29) is 10.6 Å². The SMILES string of the molecule is COC(=O)C(C)(C)[C@H](N)c1cccc(Cl)c1F. The van der Waals surface area contributed by atoms with Gasteiger partial charge >= 0.3 is 5.97 Å². The van der Waals surface area contributed by atoms with Crippen molar-refractivity contribution in [3.05, 3.63) is 34.6 Å². The molecule has 0 aromatic heterocycles. The fourth-order valence-corrected chi connectivity index (χ4v) is 1.72. The highest BCUT2D eigenvalue weighted by atomic mass is 35.5. The lowest BCUT2D eigenvalue weighted by Crippen LogP contribution is -2.37. The first-order valence-corrected chi connectivity index (χ1v) is 5.48. The van der Waals surface area contributed by atoms with Gasteiger partial charge in [0.05, 0.1) is 17.5 Å². The maximum Gasteiger partial charge on any atom is 0.313 e. The number of hydrogen-bond donors (Lipinski definition) is 1. The molecular formula is C12H15ClFNO2. The van der Waals surface area contributed by atoms with Crippen LogP contribution in [0.1, 0.15) is 25.5 Å². The zero-order valence-electron chi connectivity index (χ0n) is 9.96. The lowest BCUT2D eigenvalue weighted by Gasteiger charge is -2.29. The van der Waals surface area contributed by atoms with Crippen molar-refractivity contribution in [1.82, 2.24) is 0 Å². The third-order valence-electron chi connectivity index (χ3n) is 2.81. The van der Waals surface area contributed by atoms with Crippen molar-refractivity contribution in [1.29, 1.82) is 0 Å². The Bertz CT molecular complexity index is 435. The number of halogens is 2. The largest absolute Gasteiger partial charge is 0.469 e. The molecule has 0 aliphatic heterocycles. The molecule has 0 spiro atoms. The molecule has 0 bridgehead atoms. The summed E-state index contributed by atoms with van der Waals surface area (Å²) in [5, 5.41) is -0.0152. The average molecular weight is 260 g/mol. The van der Waals surface area contributed by atoms with E-state index in [1.807, 2.05) is 0 Å². The summed E-state index contributed by atoms with van der Waals surface area (Å²) in [5.74, 6) is -1.09. The fourth-order valence-electron chi connectivity index (χ4n) is 1.54. The third kappa shape index (κ3) is 2.58. The smallest absolute Gasteiger partial charge is 0.313 e. The van der Waals surface area contributed by atoms with Crippen LogP contribution in [0, 0.1) is 11.2 Å². The van der Waals surface area contributed by atoms with Gasteiger partial charge in [-0.05, 0) is 19.9 Å². The number of carbonyl (C=O) groups is 1. The molecule has 0 heterocycles. The summed E-state index contributed by atoms with van der Waals surface area (Å²) in [4.78, 5) is 11.6. The lowest BCUT2D eigenvalue weighted by atomic mass is 9.81. The molecule has 1 atom stereocenters. The Labute approximate surface area is 105 Å². The van der Waals surface area contributed by atoms with E-state index < -0.39 is 23.2 Å². The maximum atomic E-state index is 13.8. The van der Waals surface area contributed by atoms with E-state index in [1.165, 1.54) is 19.2 Å². The van der Waals surface area contributed by atoms with E-state index in [9.17, 15) is 9.18 Å². The minimum Gasteiger partial charge on any atom is -0.469 e. The van der Waals surface area contributed by atoms with Gasteiger partial charge in [0.25, 0.3) is 0 Å². The van der Waals surface area contributed by atoms with Gasteiger partial charge in [0.15, 0.2) is 0 Å². The number of rotatable bonds is 3. The molecule has 5 heteroatoms. The first-order valence-electron chi connectivity index (χ1n) is 5.10. The molecule has 1 rings (SSSR count). The van der Waals surface area contributed by atoms with Gasteiger partial charge < -0.3 is 10.5 Å². The predicted octanol–water partition coefficient (Wildman–Crippen LogP) is 2.68. The molecule has 0 unspecified atom stereocenters. The van der Waals surface area contributed by atoms with Crippen LogP contribution in [0.5, 0.6) is 0 Å². The summed E-state index contributed by atoms with van der Waals surface area (Å²) in [5.41, 5.74) is 5.09. The maximum absolute atomic E-state index is 13.8. The van der Waals surface area contributed by atoms with Crippen molar-refractivity contribution < 1.29 is 13.9 Å². The van der Waals surface area contributed by atoms with E-state index in [0.29, 0.717) is 0 Å². The number of hydrogen-bond acceptors (Lipinski definition) is 3. The third-order valence-corrected chi connectivity index (χ3v) is 3.10. The number of ether oxygens (including phenoxy) is 1. The van der Waals surface area contributed by atoms with Crippen molar-refractivity contribution in [2.75, 3.05) is 7.11 Å². The second-order valence-corrected chi connectivity index (χ2v) is 4.74. The average Bonchev–Trinajstić information content (AvgIpc) is 2.30. The normalized spacial score (nSPS) is 13.3. The number of esters is 1. The Morgan fingerprint density at radius 1 is 1.53 bits per heavy atom. The molecule has 2 N–H and O–H groups in total. The molecule has 94 valence electrons. The minimum atomic E-state index is -1.03. The molecule has 17 heavy (non-hydrogen) atoms. The predicted molar refractivity (Wildman–Crippen MR) is 64.1 cm³/mol. The Balaban J connectivity index is 3.16. The molecule has 0 fully saturated rings. The van der Waals surface area contributed by atoms with Crippen molar-refractivity contribution in [2.45, 2.75) is 19.9 Å². The fraction of sp³-hybridized carbons (Fsp3) is 0.417. The summed E-state index contributed by atoms with van der Waals surface area (Å²) in [6, 6.07) is 3.71. The molecule has 0 aliphatic rings. The zero-order valence-corrected chi connectivity index (χ0v) is 10.7. The first-order chi connectivity index (χ1) is 7.82. The van der Waals surface area contributed by atoms with E-state index >= 15 is 0 Å². The highest BCUT2D eigenvalue weighted by Crippen LogP contribution is 2.35. The van der Waals surface area contributed by atoms with Crippen LogP contribution < -0.4 is 5.73 Å². The van der Waals surface area contributed by atoms with E-state index in [0.717, 1.165) is 0 Å². The van der Waals surface area contributed by atoms with Crippen LogP contribution in [0.25, 0.3) is 0 Å². The van der Waals surface area contributed by atoms with E-state index in [1.54, 1.807) is 19.9 Å². The van der Waals surface area contributed by atoms with Crippen molar-refractivity contribution in [3.8, 4) is 0 Å². The van der Waals surface area contributed by atoms with Crippen LogP contribution in [0.15, 0.2) is 18.2 Å². The highest BCUT2D eigenvalue weighted by Gasteiger charge is 2.38. The summed E-state index contributed by atoms with van der Waals surface area (Å²) >= 11 is 5.67. The number of nitrogens with two attached hydrogens (primary N) is 1. The van der Waals surface area contributed by atoms with Crippen LogP contribution in [0.2, 0.25) is 5.02 Å². The summed E-state index contributed by atoms with van der Waals surface area (Å²) < 4.78 is 18.4. The van der Waals surface area contributed by atoms with Gasteiger partial charge in [-0.15, -0.1) is 0 Å². The molecule has 0 radical (unpaired) electrons. The van der Waals surface area contributed by atoms with Crippen LogP contribution in [-0.2, 0) is 9.53 Å². The molecule has 1 aromatic rings. The van der Waals surface area contributed by atoms with Gasteiger partial charge in [0, 0.05) is 11.6 Å². The van der Waals surface area contributed by atoms with Crippen molar-refractivity contribution >= 4 is 17.6 Å². The Morgan fingerprint density at radius 2 is 2.12 bits per heavy atom. The van der Waals surface area contributed by atoms with Crippen molar-refractivity contribution in [2.24, 2.45) is 11.1 Å². The Morgan fingerprint density at radius 3 is 2.65 bits per heavy atom. The molecular weight excluding hydrogens is 245 g/mol. The summed E-state index contributed by atoms with van der Waals surface area (Å²) in [7, 11) is 1.27. The number of methoxy groups -OCH3 is 1. The monoisotopic (exact) mass is 259 g/mol. The number of benzene rings is 1. The lowest BCUT2D eigenvalue weighted by molar-refractivity contribution is -0.152. The zero-order chi connectivity index (χ0) is 13.2. The first kappa shape index (κ1) is 13.9. The molecule has 0 aliphatic carbocycles. The van der Waals surface area contributed by atoms with Gasteiger partial charge in [-0.2, -0.15) is 0 Å². The standard InChI is InChI=1S/C12H15ClFNO2/c1-12(2,11(16)17-3)10(15)7-5-4-6-8(13)9(7)14/h4-6,10H,15H2,1-3H3/t10-/m1/s1. The second kappa shape index (κ2) is 5.02. The molecule has 0 saturated carbocycles. The molecule has 3 nitrogen and oxygen atoms in total. The Hall–Kier alpha value is -1.13. The Kier molecular flexibility index (Phi) is 4.11. The molecule has 1 aromatic carbocycles. The van der Waals surface area contributed by atoms with Gasteiger partial charge in [-0.1, -0.05) is 23.7 Å². The van der Waals surface area contributed by atoms with E-state index in [4.69, 9.17) is 17.3 Å². The number of carbonyl (C=O) groups excluding carboxylic acids is 1. The van der Waals surface area contributed by atoms with Crippen LogP contribution in [0.4, 0.5) is 4.39 Å². The van der Waals surface area contributed by atoms with Crippen LogP contribution in [-0.4, -0.2) is 13.1 Å². The van der Waals surface area contributed by atoms with Crippen molar-refractivity contribution in [3.63, 3.8) is 0 Å². The second-order valence-electron chi connectivity index (χ2n) is 4.33. The molecule has 0 saturated heterocycles. The minimum absolute atomic E-state index is 0.0152. The quantitative estimate of drug-likeness (QED) is 0.849. The van der Waals surface area contributed by atoms with Gasteiger partial charge in [0.2, 0.25) is 0 Å². The molecule has 0 amide bonds. The van der Waals surface area contributed by atoms with Gasteiger partial charge in [-0.3, -0.25) is 4.79 Å². The summed E-state index contributed by atoms with van der Waals surface area (Å²) in [6.07, 6.45) is 0. The highest BCUT2D eigenvalue weighted by molar-refractivity contribution is 6.30. The van der Waals surface area contributed by atoms with Crippen LogP contribution in [0.3, 0.4) is 0 Å². The topological polar surface area (TPSA) is 52.3 Å². The van der Waals surface area contributed by atoms with Crippen LogP contribution >= 0.6 is 11.6 Å². The van der Waals surface area contributed by atoms with Gasteiger partial charge in [-0.25, -0.2) is 4.39 Å². The van der Waals surface area contributed by atoms with Gasteiger partial charge in [0.1, 0.15) is 5.82 Å².